The molecule has 2 N–H and O–H groups in total. The second-order valence-corrected chi connectivity index (χ2v) is 1.29. The molecule has 1 nitrogen and oxygen atoms in total. The zero-order valence-corrected chi connectivity index (χ0v) is 6.15. The van der Waals surface area contributed by atoms with Crippen molar-refractivity contribution in [3.05, 3.63) is 12.2 Å². The molecule has 0 heterocycles. The molecule has 0 radical (unpaired) electrons. The van der Waals surface area contributed by atoms with Gasteiger partial charge in [0.2, 0.25) is 0 Å². The highest BCUT2D eigenvalue weighted by atomic mass is 14.4. The van der Waals surface area contributed by atoms with Crippen molar-refractivity contribution in [2.75, 3.05) is 7.05 Å². The highest BCUT2D eigenvalue weighted by Crippen LogP contribution is 1.81. The predicted molar refractivity (Wildman–Crippen MR) is 39.8 cm³/mol. The first-order valence-electron chi connectivity index (χ1n) is 3.14. The summed E-state index contributed by atoms with van der Waals surface area (Å²) in [5, 5.41) is 0. The lowest BCUT2D eigenvalue weighted by atomic mass is 10.4. The molecule has 0 atom stereocenters. The minimum absolute atomic E-state index is 1.17. The molecule has 0 aliphatic heterocycles. The average molecular weight is 115 g/mol. The van der Waals surface area contributed by atoms with Crippen LogP contribution in [0.2, 0.25) is 0 Å². The second kappa shape index (κ2) is 15.9. The van der Waals surface area contributed by atoms with Crippen LogP contribution in [0.4, 0.5) is 0 Å². The highest BCUT2D eigenvalue weighted by Gasteiger charge is 1.60. The maximum Gasteiger partial charge on any atom is -0.0195 e. The molecule has 0 aromatic heterocycles. The monoisotopic (exact) mass is 115 g/mol. The van der Waals surface area contributed by atoms with Gasteiger partial charge in [0.15, 0.2) is 0 Å². The van der Waals surface area contributed by atoms with Gasteiger partial charge in [0.25, 0.3) is 0 Å². The van der Waals surface area contributed by atoms with E-state index in [1.165, 1.54) is 19.9 Å². The molecule has 8 heavy (non-hydrogen) atoms. The normalized spacial score (nSPS) is 8.50. The largest absolute Gasteiger partial charge is 0.333 e. The zero-order chi connectivity index (χ0) is 6.83. The first-order chi connectivity index (χ1) is 3.91. The van der Waals surface area contributed by atoms with Crippen LogP contribution in [0.15, 0.2) is 12.2 Å². The van der Waals surface area contributed by atoms with Gasteiger partial charge < -0.3 is 5.73 Å². The van der Waals surface area contributed by atoms with Crippen LogP contribution in [0.25, 0.3) is 0 Å². The molecule has 0 rings (SSSR count). The van der Waals surface area contributed by atoms with Crippen molar-refractivity contribution in [2.45, 2.75) is 26.7 Å². The van der Waals surface area contributed by atoms with Crippen molar-refractivity contribution < 1.29 is 0 Å². The minimum Gasteiger partial charge on any atom is -0.333 e. The van der Waals surface area contributed by atoms with Crippen LogP contribution in [0, 0.1) is 0 Å². The third-order valence-corrected chi connectivity index (χ3v) is 0.638. The molecule has 0 bridgehead atoms. The fourth-order valence-electron chi connectivity index (χ4n) is 0.333. The van der Waals surface area contributed by atoms with Gasteiger partial charge in [-0.1, -0.05) is 26.0 Å². The first kappa shape index (κ1) is 10.6. The molecule has 0 saturated heterocycles. The van der Waals surface area contributed by atoms with Crippen LogP contribution in [0.1, 0.15) is 26.7 Å². The number of allylic oxidation sites excluding steroid dienone is 2. The molecule has 0 aromatic carbocycles. The maximum atomic E-state index is 4.50. The lowest BCUT2D eigenvalue weighted by Crippen LogP contribution is -1.69. The Labute approximate surface area is 52.6 Å². The van der Waals surface area contributed by atoms with Crippen LogP contribution in [-0.2, 0) is 0 Å². The van der Waals surface area contributed by atoms with Gasteiger partial charge in [-0.3, -0.25) is 0 Å². The van der Waals surface area contributed by atoms with Crippen molar-refractivity contribution >= 4 is 0 Å². The van der Waals surface area contributed by atoms with Crippen LogP contribution >= 0.6 is 0 Å². The average Bonchev–Trinajstić information content (AvgIpc) is 1.88. The van der Waals surface area contributed by atoms with E-state index in [0.717, 1.165) is 0 Å². The van der Waals surface area contributed by atoms with E-state index in [-0.39, 0.29) is 0 Å². The molecule has 0 amide bonds. The smallest absolute Gasteiger partial charge is 0.0195 e. The minimum atomic E-state index is 1.17. The van der Waals surface area contributed by atoms with E-state index >= 15 is 0 Å². The van der Waals surface area contributed by atoms with Gasteiger partial charge in [-0.2, -0.15) is 0 Å². The van der Waals surface area contributed by atoms with Gasteiger partial charge in [-0.25, -0.2) is 0 Å². The molecule has 0 aliphatic rings. The van der Waals surface area contributed by atoms with Gasteiger partial charge in [-0.05, 0) is 19.9 Å². The van der Waals surface area contributed by atoms with E-state index in [9.17, 15) is 0 Å². The highest BCUT2D eigenvalue weighted by molar-refractivity contribution is 4.77. The topological polar surface area (TPSA) is 26.0 Å². The van der Waals surface area contributed by atoms with Crippen LogP contribution in [-0.4, -0.2) is 7.05 Å². The number of nitrogens with two attached hydrogens (primary N) is 1. The summed E-state index contributed by atoms with van der Waals surface area (Å²) in [6.45, 7) is 4.29. The SMILES string of the molecule is CC/C=C\CC.CN. The number of hydrogen-bond donors (Lipinski definition) is 1. The lowest BCUT2D eigenvalue weighted by molar-refractivity contribution is 1.16. The van der Waals surface area contributed by atoms with Crippen LogP contribution in [0.3, 0.4) is 0 Å². The van der Waals surface area contributed by atoms with E-state index in [1.54, 1.807) is 0 Å². The molecule has 0 aromatic rings. The summed E-state index contributed by atoms with van der Waals surface area (Å²) in [4.78, 5) is 0. The molecular weight excluding hydrogens is 98.1 g/mol. The van der Waals surface area contributed by atoms with E-state index in [4.69, 9.17) is 0 Å². The molecule has 0 spiro atoms. The number of hydrogen-bond acceptors (Lipinski definition) is 1. The molecule has 1 heteroatoms. The Bertz CT molecular complexity index is 33.7. The van der Waals surface area contributed by atoms with Gasteiger partial charge in [0.1, 0.15) is 0 Å². The van der Waals surface area contributed by atoms with E-state index in [2.05, 4.69) is 31.7 Å². The van der Waals surface area contributed by atoms with Crippen LogP contribution in [0.5, 0.6) is 0 Å². The quantitative estimate of drug-likeness (QED) is 0.547. The molecule has 0 aliphatic carbocycles. The molecule has 0 unspecified atom stereocenters. The van der Waals surface area contributed by atoms with Crippen molar-refractivity contribution in [3.8, 4) is 0 Å². The Kier molecular flexibility index (Phi) is 21.1. The summed E-state index contributed by atoms with van der Waals surface area (Å²) in [6.07, 6.45) is 6.71. The summed E-state index contributed by atoms with van der Waals surface area (Å²) in [7, 11) is 1.50. The lowest BCUT2D eigenvalue weighted by Gasteiger charge is -1.72. The predicted octanol–water partition coefficient (Wildman–Crippen LogP) is 1.94. The number of rotatable bonds is 2. The fraction of sp³-hybridized carbons (Fsp3) is 0.714. The van der Waals surface area contributed by atoms with E-state index in [1.807, 2.05) is 0 Å². The third-order valence-electron chi connectivity index (χ3n) is 0.638. The Morgan fingerprint density at radius 2 is 1.25 bits per heavy atom. The van der Waals surface area contributed by atoms with E-state index in [0.29, 0.717) is 0 Å². The summed E-state index contributed by atoms with van der Waals surface area (Å²) in [5.74, 6) is 0. The van der Waals surface area contributed by atoms with E-state index < -0.39 is 0 Å². The summed E-state index contributed by atoms with van der Waals surface area (Å²) >= 11 is 0. The fourth-order valence-corrected chi connectivity index (χ4v) is 0.333. The Morgan fingerprint density at radius 1 is 1.00 bits per heavy atom. The summed E-state index contributed by atoms with van der Waals surface area (Å²) in [5.41, 5.74) is 4.50. The third kappa shape index (κ3) is 17.3. The van der Waals surface area contributed by atoms with Crippen molar-refractivity contribution in [3.63, 3.8) is 0 Å². The second-order valence-electron chi connectivity index (χ2n) is 1.29. The van der Waals surface area contributed by atoms with Gasteiger partial charge in [-0.15, -0.1) is 0 Å². The zero-order valence-electron chi connectivity index (χ0n) is 6.15. The van der Waals surface area contributed by atoms with Crippen LogP contribution < -0.4 is 5.73 Å². The summed E-state index contributed by atoms with van der Waals surface area (Å²) in [6, 6.07) is 0. The molecule has 0 saturated carbocycles. The van der Waals surface area contributed by atoms with Gasteiger partial charge >= 0.3 is 0 Å². The van der Waals surface area contributed by atoms with Gasteiger partial charge in [0.05, 0.1) is 0 Å². The van der Waals surface area contributed by atoms with Gasteiger partial charge in [0, 0.05) is 0 Å². The first-order valence-corrected chi connectivity index (χ1v) is 3.14. The Hall–Kier alpha value is -0.300. The molecule has 0 fully saturated rings. The maximum absolute atomic E-state index is 4.50. The Morgan fingerprint density at radius 3 is 1.38 bits per heavy atom. The standard InChI is InChI=1S/C6H12.CH5N/c1-3-5-6-4-2;1-2/h5-6H,3-4H2,1-2H3;2H2,1H3/b6-5-;. The van der Waals surface area contributed by atoms with Crippen molar-refractivity contribution in [2.24, 2.45) is 5.73 Å². The van der Waals surface area contributed by atoms with Crippen molar-refractivity contribution in [1.82, 2.24) is 0 Å². The summed E-state index contributed by atoms with van der Waals surface area (Å²) < 4.78 is 0. The van der Waals surface area contributed by atoms with Crippen molar-refractivity contribution in [1.29, 1.82) is 0 Å². The molecule has 50 valence electrons. The Balaban J connectivity index is 0. The molecular formula is C7H17N.